The van der Waals surface area contributed by atoms with Crippen molar-refractivity contribution in [3.05, 3.63) is 40.1 Å². The summed E-state index contributed by atoms with van der Waals surface area (Å²) in [5.74, 6) is 0. The number of hydrogen-bond donors (Lipinski definition) is 1. The van der Waals surface area contributed by atoms with Crippen LogP contribution in [0.2, 0.25) is 0 Å². The molecule has 4 heteroatoms. The molecule has 0 aliphatic carbocycles. The Hall–Kier alpha value is -1.84. The van der Waals surface area contributed by atoms with Crippen molar-refractivity contribution in [2.45, 2.75) is 13.8 Å². The maximum Gasteiger partial charge on any atom is 0.248 e. The van der Waals surface area contributed by atoms with Crippen molar-refractivity contribution in [3.63, 3.8) is 0 Å². The molecule has 1 N–H and O–H groups in total. The Labute approximate surface area is 87.6 Å². The van der Waals surface area contributed by atoms with Gasteiger partial charge in [-0.3, -0.25) is 9.48 Å². The van der Waals surface area contributed by atoms with E-state index in [9.17, 15) is 4.79 Å². The van der Waals surface area contributed by atoms with Crippen molar-refractivity contribution >= 4 is 0 Å². The first-order valence-corrected chi connectivity index (χ1v) is 4.78. The molecule has 0 saturated heterocycles. The lowest BCUT2D eigenvalue weighted by Gasteiger charge is -2.02. The van der Waals surface area contributed by atoms with Crippen LogP contribution in [0.5, 0.6) is 0 Å². The van der Waals surface area contributed by atoms with Crippen molar-refractivity contribution in [2.75, 3.05) is 0 Å². The maximum absolute atomic E-state index is 11.1. The minimum absolute atomic E-state index is 0.0715. The topological polar surface area (TPSA) is 50.7 Å². The third-order valence-electron chi connectivity index (χ3n) is 2.43. The Morgan fingerprint density at radius 1 is 1.33 bits per heavy atom. The minimum atomic E-state index is -0.0715. The molecule has 0 radical (unpaired) electrons. The molecular weight excluding hydrogens is 190 g/mol. The zero-order valence-corrected chi connectivity index (χ0v) is 9.03. The summed E-state index contributed by atoms with van der Waals surface area (Å²) in [7, 11) is 1.89. The SMILES string of the molecule is Cc1cc(=O)[nH]cc1-c1cn(C)nc1C. The van der Waals surface area contributed by atoms with Crippen molar-refractivity contribution in [3.8, 4) is 11.1 Å². The number of rotatable bonds is 1. The molecule has 78 valence electrons. The first-order valence-electron chi connectivity index (χ1n) is 4.78. The summed E-state index contributed by atoms with van der Waals surface area (Å²) in [5.41, 5.74) is 3.95. The van der Waals surface area contributed by atoms with E-state index in [0.717, 1.165) is 22.4 Å². The van der Waals surface area contributed by atoms with Crippen LogP contribution >= 0.6 is 0 Å². The molecule has 4 nitrogen and oxygen atoms in total. The van der Waals surface area contributed by atoms with Gasteiger partial charge in [-0.25, -0.2) is 0 Å². The molecule has 2 heterocycles. The molecule has 2 aromatic heterocycles. The number of hydrogen-bond acceptors (Lipinski definition) is 2. The van der Waals surface area contributed by atoms with Gasteiger partial charge in [0.1, 0.15) is 0 Å². The van der Waals surface area contributed by atoms with Gasteiger partial charge < -0.3 is 4.98 Å². The van der Waals surface area contributed by atoms with Gasteiger partial charge in [0.05, 0.1) is 5.69 Å². The lowest BCUT2D eigenvalue weighted by Crippen LogP contribution is -2.04. The van der Waals surface area contributed by atoms with Crippen LogP contribution in [0.1, 0.15) is 11.3 Å². The predicted molar refractivity (Wildman–Crippen MR) is 58.7 cm³/mol. The zero-order valence-electron chi connectivity index (χ0n) is 9.03. The van der Waals surface area contributed by atoms with Crippen LogP contribution in [0.15, 0.2) is 23.3 Å². The molecule has 0 bridgehead atoms. The number of nitrogens with zero attached hydrogens (tertiary/aromatic N) is 2. The second-order valence-corrected chi connectivity index (χ2v) is 3.70. The van der Waals surface area contributed by atoms with E-state index in [1.807, 2.05) is 27.1 Å². The van der Waals surface area contributed by atoms with E-state index in [1.54, 1.807) is 16.9 Å². The summed E-state index contributed by atoms with van der Waals surface area (Å²) >= 11 is 0. The Kier molecular flexibility index (Phi) is 2.19. The fourth-order valence-corrected chi connectivity index (χ4v) is 1.73. The molecule has 0 amide bonds. The summed E-state index contributed by atoms with van der Waals surface area (Å²) < 4.78 is 1.77. The first kappa shape index (κ1) is 9.71. The van der Waals surface area contributed by atoms with E-state index in [1.165, 1.54) is 0 Å². The molecule has 0 saturated carbocycles. The highest BCUT2D eigenvalue weighted by Crippen LogP contribution is 2.23. The molecule has 0 spiro atoms. The first-order chi connectivity index (χ1) is 7.08. The molecule has 2 aromatic rings. The maximum atomic E-state index is 11.1. The smallest absolute Gasteiger partial charge is 0.248 e. The quantitative estimate of drug-likeness (QED) is 0.761. The summed E-state index contributed by atoms with van der Waals surface area (Å²) in [5, 5.41) is 4.28. The standard InChI is InChI=1S/C11H13N3O/c1-7-4-11(15)12-5-9(7)10-6-14(3)13-8(10)2/h4-6H,1-3H3,(H,12,15). The molecule has 15 heavy (non-hydrogen) atoms. The summed E-state index contributed by atoms with van der Waals surface area (Å²) in [6, 6.07) is 1.60. The van der Waals surface area contributed by atoms with Gasteiger partial charge in [-0.1, -0.05) is 0 Å². The van der Waals surface area contributed by atoms with Gasteiger partial charge in [0.15, 0.2) is 0 Å². The van der Waals surface area contributed by atoms with E-state index in [2.05, 4.69) is 10.1 Å². The molecule has 0 aliphatic heterocycles. The Morgan fingerprint density at radius 2 is 2.07 bits per heavy atom. The summed E-state index contributed by atoms with van der Waals surface area (Å²) in [6.07, 6.45) is 3.69. The lowest BCUT2D eigenvalue weighted by atomic mass is 10.0. The Morgan fingerprint density at radius 3 is 2.60 bits per heavy atom. The van der Waals surface area contributed by atoms with Gasteiger partial charge in [0.25, 0.3) is 0 Å². The van der Waals surface area contributed by atoms with Crippen LogP contribution in [-0.2, 0) is 7.05 Å². The lowest BCUT2D eigenvalue weighted by molar-refractivity contribution is 0.756. The van der Waals surface area contributed by atoms with Gasteiger partial charge >= 0.3 is 0 Å². The van der Waals surface area contributed by atoms with Crippen molar-refractivity contribution in [1.82, 2.24) is 14.8 Å². The minimum Gasteiger partial charge on any atom is -0.328 e. The van der Waals surface area contributed by atoms with Gasteiger partial charge in [0, 0.05) is 36.6 Å². The van der Waals surface area contributed by atoms with E-state index in [0.29, 0.717) is 0 Å². The Bertz CT molecular complexity index is 551. The monoisotopic (exact) mass is 203 g/mol. The van der Waals surface area contributed by atoms with Gasteiger partial charge in [0.2, 0.25) is 5.56 Å². The highest BCUT2D eigenvalue weighted by atomic mass is 16.1. The van der Waals surface area contributed by atoms with Crippen LogP contribution in [0, 0.1) is 13.8 Å². The fraction of sp³-hybridized carbons (Fsp3) is 0.273. The molecular formula is C11H13N3O. The number of aromatic nitrogens is 3. The van der Waals surface area contributed by atoms with Gasteiger partial charge in [-0.15, -0.1) is 0 Å². The van der Waals surface area contributed by atoms with E-state index in [-0.39, 0.29) is 5.56 Å². The van der Waals surface area contributed by atoms with E-state index in [4.69, 9.17) is 0 Å². The largest absolute Gasteiger partial charge is 0.328 e. The van der Waals surface area contributed by atoms with Gasteiger partial charge in [-0.05, 0) is 19.4 Å². The highest BCUT2D eigenvalue weighted by Gasteiger charge is 2.08. The van der Waals surface area contributed by atoms with E-state index >= 15 is 0 Å². The predicted octanol–water partition coefficient (Wildman–Crippen LogP) is 1.39. The van der Waals surface area contributed by atoms with Crippen molar-refractivity contribution in [1.29, 1.82) is 0 Å². The van der Waals surface area contributed by atoms with Crippen molar-refractivity contribution in [2.24, 2.45) is 7.05 Å². The van der Waals surface area contributed by atoms with Crippen LogP contribution in [0.3, 0.4) is 0 Å². The van der Waals surface area contributed by atoms with Crippen LogP contribution in [-0.4, -0.2) is 14.8 Å². The fourth-order valence-electron chi connectivity index (χ4n) is 1.73. The third-order valence-corrected chi connectivity index (χ3v) is 2.43. The second kappa shape index (κ2) is 3.38. The molecule has 0 unspecified atom stereocenters. The Balaban J connectivity index is 2.64. The van der Waals surface area contributed by atoms with Crippen LogP contribution < -0.4 is 5.56 Å². The number of pyridine rings is 1. The highest BCUT2D eigenvalue weighted by molar-refractivity contribution is 5.67. The number of nitrogens with one attached hydrogen (secondary N) is 1. The molecule has 0 aliphatic rings. The van der Waals surface area contributed by atoms with Gasteiger partial charge in [-0.2, -0.15) is 5.10 Å². The molecule has 0 atom stereocenters. The summed E-state index contributed by atoms with van der Waals surface area (Å²) in [6.45, 7) is 3.89. The average molecular weight is 203 g/mol. The van der Waals surface area contributed by atoms with Crippen LogP contribution in [0.4, 0.5) is 0 Å². The normalized spacial score (nSPS) is 10.6. The van der Waals surface area contributed by atoms with Crippen molar-refractivity contribution < 1.29 is 0 Å². The third kappa shape index (κ3) is 1.70. The zero-order chi connectivity index (χ0) is 11.0. The van der Waals surface area contributed by atoms with Crippen LogP contribution in [0.25, 0.3) is 11.1 Å². The summed E-state index contributed by atoms with van der Waals surface area (Å²) in [4.78, 5) is 13.8. The van der Waals surface area contributed by atoms with E-state index < -0.39 is 0 Å². The second-order valence-electron chi connectivity index (χ2n) is 3.70. The number of H-pyrrole nitrogens is 1. The average Bonchev–Trinajstić information content (AvgIpc) is 2.45. The molecule has 0 aromatic carbocycles. The molecule has 0 fully saturated rings. The number of aryl methyl sites for hydroxylation is 3. The molecule has 2 rings (SSSR count). The number of aromatic amines is 1.